The zero-order valence-electron chi connectivity index (χ0n) is 13.3. The van der Waals surface area contributed by atoms with E-state index in [1.165, 1.54) is 0 Å². The molecule has 0 saturated heterocycles. The van der Waals surface area contributed by atoms with Crippen molar-refractivity contribution in [3.63, 3.8) is 0 Å². The number of benzene rings is 1. The van der Waals surface area contributed by atoms with Gasteiger partial charge < -0.3 is 20.9 Å². The lowest BCUT2D eigenvalue weighted by Gasteiger charge is -2.14. The molecule has 0 aromatic heterocycles. The zero-order chi connectivity index (χ0) is 18.7. The molecule has 0 heterocycles. The Hall–Kier alpha value is -3.37. The third-order valence-corrected chi connectivity index (χ3v) is 2.95. The lowest BCUT2D eigenvalue weighted by atomic mass is 10.1. The van der Waals surface area contributed by atoms with E-state index in [1.807, 2.05) is 6.07 Å². The second-order valence-electron chi connectivity index (χ2n) is 4.89. The van der Waals surface area contributed by atoms with Crippen LogP contribution in [0.25, 0.3) is 0 Å². The van der Waals surface area contributed by atoms with Crippen LogP contribution in [0.4, 0.5) is 4.79 Å². The molecule has 1 aromatic rings. The van der Waals surface area contributed by atoms with Gasteiger partial charge in [-0.25, -0.2) is 19.8 Å². The van der Waals surface area contributed by atoms with Crippen LogP contribution in [0.3, 0.4) is 0 Å². The lowest BCUT2D eigenvalue weighted by molar-refractivity contribution is -0.822. The Bertz CT molecular complexity index is 621. The van der Waals surface area contributed by atoms with Crippen LogP contribution >= 0.6 is 0 Å². The molecule has 0 saturated carbocycles. The molecule has 11 nitrogen and oxygen atoms in total. The first-order chi connectivity index (χ1) is 11.9. The molecule has 1 atom stereocenters. The van der Waals surface area contributed by atoms with Crippen LogP contribution in [0.15, 0.2) is 35.3 Å². The predicted molar refractivity (Wildman–Crippen MR) is 85.5 cm³/mol. The van der Waals surface area contributed by atoms with Crippen LogP contribution < -0.4 is 16.5 Å². The van der Waals surface area contributed by atoms with Gasteiger partial charge in [-0.1, -0.05) is 30.3 Å². The predicted octanol–water partition coefficient (Wildman–Crippen LogP) is 0.134. The van der Waals surface area contributed by atoms with Crippen molar-refractivity contribution in [3.8, 4) is 0 Å². The summed E-state index contributed by atoms with van der Waals surface area (Å²) < 4.78 is 4.96. The topological polar surface area (TPSA) is 166 Å². The van der Waals surface area contributed by atoms with E-state index in [-0.39, 0.29) is 32.0 Å². The second kappa shape index (κ2) is 10.4. The number of carbonyl (C=O) groups excluding carboxylic acids is 1. The molecule has 1 aromatic carbocycles. The summed E-state index contributed by atoms with van der Waals surface area (Å²) in [5, 5.41) is 19.1. The molecule has 0 aliphatic carbocycles. The lowest BCUT2D eigenvalue weighted by Crippen LogP contribution is -2.41. The molecule has 136 valence electrons. The number of nitrogens with zero attached hydrogens (tertiary/aromatic N) is 2. The Balaban J connectivity index is 2.37. The summed E-state index contributed by atoms with van der Waals surface area (Å²) in [5.41, 5.74) is 7.81. The van der Waals surface area contributed by atoms with Crippen LogP contribution in [-0.4, -0.2) is 46.0 Å². The monoisotopic (exact) mass is 354 g/mol. The maximum Gasteiger partial charge on any atom is 0.408 e. The Morgan fingerprint density at radius 3 is 2.60 bits per heavy atom. The highest BCUT2D eigenvalue weighted by Gasteiger charge is 2.20. The van der Waals surface area contributed by atoms with Crippen molar-refractivity contribution in [3.05, 3.63) is 40.8 Å². The van der Waals surface area contributed by atoms with Crippen LogP contribution in [0.1, 0.15) is 18.4 Å². The van der Waals surface area contributed by atoms with Gasteiger partial charge in [0.15, 0.2) is 0 Å². The molecule has 0 radical (unpaired) electrons. The van der Waals surface area contributed by atoms with Crippen LogP contribution in [0.5, 0.6) is 0 Å². The Labute approximate surface area is 143 Å². The first kappa shape index (κ1) is 19.7. The molecule has 6 N–H and O–H groups in total. The first-order valence-corrected chi connectivity index (χ1v) is 7.31. The van der Waals surface area contributed by atoms with E-state index >= 15 is 0 Å². The fourth-order valence-electron chi connectivity index (χ4n) is 1.79. The molecule has 1 rings (SSSR count). The van der Waals surface area contributed by atoms with E-state index in [1.54, 1.807) is 29.7 Å². The van der Waals surface area contributed by atoms with Crippen molar-refractivity contribution in [1.29, 1.82) is 0 Å². The fourth-order valence-corrected chi connectivity index (χ4v) is 1.79. The normalized spacial score (nSPS) is 12.1. The summed E-state index contributed by atoms with van der Waals surface area (Å²) in [4.78, 5) is 36.8. The van der Waals surface area contributed by atoms with Gasteiger partial charge in [0.1, 0.15) is 17.6 Å². The molecule has 1 amide bonds. The van der Waals surface area contributed by atoms with E-state index in [2.05, 4.69) is 10.3 Å². The van der Waals surface area contributed by atoms with E-state index in [0.717, 1.165) is 5.56 Å². The number of carboxylic acids is 1. The standard InChI is InChI=1S/C14H19N5O6/c15-13(18-19(23)24)16-8-4-7-11(12(20)21)17-14(22)25-9-10-5-2-1-3-6-10/h1-3,5-6,11H,4,7-9H2,(H5-,15,16,17,18,20,21,22,23,24)/p+1/t11-/m1/s1. The van der Waals surface area contributed by atoms with Gasteiger partial charge in [0.05, 0.1) is 0 Å². The fraction of sp³-hybridized carbons (Fsp3) is 0.357. The Morgan fingerprint density at radius 2 is 2.00 bits per heavy atom. The van der Waals surface area contributed by atoms with Crippen molar-refractivity contribution >= 4 is 18.0 Å². The number of hydrazine groups is 1. The highest BCUT2D eigenvalue weighted by atomic mass is 16.7. The van der Waals surface area contributed by atoms with E-state index in [0.29, 0.717) is 0 Å². The number of amides is 1. The molecule has 0 unspecified atom stereocenters. The van der Waals surface area contributed by atoms with Gasteiger partial charge >= 0.3 is 17.1 Å². The number of guanidine groups is 1. The van der Waals surface area contributed by atoms with Gasteiger partial charge in [-0.3, -0.25) is 0 Å². The number of aliphatic carboxylic acids is 1. The number of alkyl carbamates (subject to hydrolysis) is 1. The SMILES string of the molecule is NC(=NCCC[C@@H](NC(=O)OCc1ccccc1)C(=O)O)N[N+](=O)O. The summed E-state index contributed by atoms with van der Waals surface area (Å²) in [5.74, 6) is -1.53. The molecule has 0 aliphatic heterocycles. The number of nitrogens with one attached hydrogen (secondary N) is 2. The highest BCUT2D eigenvalue weighted by Crippen LogP contribution is 2.03. The van der Waals surface area contributed by atoms with Gasteiger partial charge in [-0.2, -0.15) is 0 Å². The molecule has 11 heteroatoms. The number of carbonyl (C=O) groups is 2. The average Bonchev–Trinajstić information content (AvgIpc) is 2.55. The van der Waals surface area contributed by atoms with Gasteiger partial charge in [0.2, 0.25) is 0 Å². The summed E-state index contributed by atoms with van der Waals surface area (Å²) in [6.07, 6.45) is -0.502. The summed E-state index contributed by atoms with van der Waals surface area (Å²) >= 11 is 0. The Morgan fingerprint density at radius 1 is 1.32 bits per heavy atom. The molecule has 0 bridgehead atoms. The van der Waals surface area contributed by atoms with E-state index < -0.39 is 23.1 Å². The minimum atomic E-state index is -1.21. The summed E-state index contributed by atoms with van der Waals surface area (Å²) in [6, 6.07) is 7.80. The molecular formula is C14H20N5O6+. The van der Waals surface area contributed by atoms with Gasteiger partial charge in [-0.05, 0) is 23.8 Å². The highest BCUT2D eigenvalue weighted by molar-refractivity contribution is 5.79. The number of nitrogens with two attached hydrogens (primary N) is 1. The van der Waals surface area contributed by atoms with Crippen LogP contribution in [0.2, 0.25) is 0 Å². The van der Waals surface area contributed by atoms with E-state index in [9.17, 15) is 14.5 Å². The zero-order valence-corrected chi connectivity index (χ0v) is 13.3. The maximum absolute atomic E-state index is 11.7. The third-order valence-electron chi connectivity index (χ3n) is 2.95. The summed E-state index contributed by atoms with van der Waals surface area (Å²) in [7, 11) is 0. The third kappa shape index (κ3) is 8.74. The number of hydrogen-bond acceptors (Lipinski definition) is 5. The molecular weight excluding hydrogens is 334 g/mol. The molecule has 0 aliphatic rings. The van der Waals surface area contributed by atoms with Crippen molar-refractivity contribution in [2.45, 2.75) is 25.5 Å². The van der Waals surface area contributed by atoms with Crippen molar-refractivity contribution in [2.24, 2.45) is 10.7 Å². The van der Waals surface area contributed by atoms with Gasteiger partial charge in [-0.15, -0.1) is 0 Å². The Kier molecular flexibility index (Phi) is 8.20. The second-order valence-corrected chi connectivity index (χ2v) is 4.89. The maximum atomic E-state index is 11.7. The van der Waals surface area contributed by atoms with Crippen molar-refractivity contribution < 1.29 is 29.7 Å². The largest absolute Gasteiger partial charge is 0.480 e. The van der Waals surface area contributed by atoms with Crippen molar-refractivity contribution in [1.82, 2.24) is 10.7 Å². The van der Waals surface area contributed by atoms with Gasteiger partial charge in [0.25, 0.3) is 5.96 Å². The number of ether oxygens (including phenoxy) is 1. The average molecular weight is 354 g/mol. The summed E-state index contributed by atoms with van der Waals surface area (Å²) in [6.45, 7) is 0.121. The molecule has 0 spiro atoms. The van der Waals surface area contributed by atoms with Gasteiger partial charge in [0, 0.05) is 6.54 Å². The smallest absolute Gasteiger partial charge is 0.408 e. The molecule has 25 heavy (non-hydrogen) atoms. The van der Waals surface area contributed by atoms with Crippen molar-refractivity contribution in [2.75, 3.05) is 6.54 Å². The number of rotatable bonds is 9. The quantitative estimate of drug-likeness (QED) is 0.181. The minimum Gasteiger partial charge on any atom is -0.480 e. The number of aliphatic imine (C=N–C) groups is 1. The minimum absolute atomic E-state index is 0.0262. The number of hydrogen-bond donors (Lipinski definition) is 5. The molecule has 0 fully saturated rings. The van der Waals surface area contributed by atoms with Crippen LogP contribution in [-0.2, 0) is 16.1 Å². The van der Waals surface area contributed by atoms with E-state index in [4.69, 9.17) is 20.8 Å². The number of carboxylic acid groups (broad SMARTS) is 1. The first-order valence-electron chi connectivity index (χ1n) is 7.31. The van der Waals surface area contributed by atoms with Crippen LogP contribution in [0, 0.1) is 4.91 Å².